The van der Waals surface area contributed by atoms with Gasteiger partial charge in [-0.3, -0.25) is 4.79 Å². The number of piperidine rings is 1. The zero-order valence-corrected chi connectivity index (χ0v) is 14.0. The number of nitrogens with zero attached hydrogens (tertiary/aromatic N) is 1. The molecule has 2 heterocycles. The van der Waals surface area contributed by atoms with E-state index in [0.717, 1.165) is 44.1 Å². The van der Waals surface area contributed by atoms with Crippen molar-refractivity contribution in [2.45, 2.75) is 63.6 Å². The summed E-state index contributed by atoms with van der Waals surface area (Å²) in [6, 6.07) is 10.2. The summed E-state index contributed by atoms with van der Waals surface area (Å²) < 4.78 is 5.53. The van der Waals surface area contributed by atoms with E-state index in [1.165, 1.54) is 6.42 Å². The lowest BCUT2D eigenvalue weighted by Gasteiger charge is -2.39. The number of Topliss-reactive ketones (excluding diaryl/α,β-unsaturated/α-hetero) is 1. The van der Waals surface area contributed by atoms with Gasteiger partial charge in [0.2, 0.25) is 0 Å². The normalized spacial score (nSPS) is 29.2. The van der Waals surface area contributed by atoms with E-state index in [2.05, 4.69) is 0 Å². The van der Waals surface area contributed by atoms with Crippen molar-refractivity contribution in [1.82, 2.24) is 4.90 Å². The van der Waals surface area contributed by atoms with E-state index < -0.39 is 0 Å². The fraction of sp³-hybridized carbons (Fsp3) is 0.600. The van der Waals surface area contributed by atoms with Gasteiger partial charge in [-0.2, -0.15) is 0 Å². The van der Waals surface area contributed by atoms with E-state index in [9.17, 15) is 9.59 Å². The molecule has 0 N–H and O–H groups in total. The molecule has 3 aliphatic rings. The molecule has 2 atom stereocenters. The van der Waals surface area contributed by atoms with Crippen molar-refractivity contribution in [1.29, 1.82) is 0 Å². The summed E-state index contributed by atoms with van der Waals surface area (Å²) >= 11 is 0. The number of rotatable bonds is 4. The highest BCUT2D eigenvalue weighted by Crippen LogP contribution is 2.42. The highest BCUT2D eigenvalue weighted by atomic mass is 16.6. The maximum atomic E-state index is 12.6. The predicted molar refractivity (Wildman–Crippen MR) is 90.3 cm³/mol. The Morgan fingerprint density at radius 1 is 0.958 bits per heavy atom. The van der Waals surface area contributed by atoms with Crippen LogP contribution in [-0.4, -0.2) is 28.9 Å². The maximum Gasteiger partial charge on any atom is 0.410 e. The van der Waals surface area contributed by atoms with Gasteiger partial charge in [-0.05, 0) is 44.1 Å². The van der Waals surface area contributed by atoms with Crippen molar-refractivity contribution in [3.63, 3.8) is 0 Å². The minimum Gasteiger partial charge on any atom is -0.445 e. The number of ether oxygens (including phenoxy) is 1. The molecular weight excluding hydrogens is 302 g/mol. The van der Waals surface area contributed by atoms with Crippen LogP contribution in [0.2, 0.25) is 0 Å². The lowest BCUT2D eigenvalue weighted by Crippen LogP contribution is -2.49. The predicted octanol–water partition coefficient (Wildman–Crippen LogP) is 3.94. The van der Waals surface area contributed by atoms with Crippen molar-refractivity contribution in [2.75, 3.05) is 0 Å². The van der Waals surface area contributed by atoms with Gasteiger partial charge in [0.25, 0.3) is 0 Å². The van der Waals surface area contributed by atoms with Crippen molar-refractivity contribution in [3.05, 3.63) is 35.9 Å². The van der Waals surface area contributed by atoms with Gasteiger partial charge in [0.05, 0.1) is 0 Å². The Hall–Kier alpha value is -1.84. The first-order chi connectivity index (χ1) is 11.7. The first kappa shape index (κ1) is 15.7. The third kappa shape index (κ3) is 2.94. The maximum absolute atomic E-state index is 12.6. The Morgan fingerprint density at radius 3 is 2.21 bits per heavy atom. The molecule has 1 aromatic carbocycles. The Morgan fingerprint density at radius 2 is 1.62 bits per heavy atom. The molecule has 3 fully saturated rings. The number of benzene rings is 1. The SMILES string of the molecule is O=C(C1CCC1)C1CC2CCC(C1)N2C(=O)OCc1ccccc1. The lowest BCUT2D eigenvalue weighted by atomic mass is 9.74. The van der Waals surface area contributed by atoms with Gasteiger partial charge in [0.15, 0.2) is 0 Å². The topological polar surface area (TPSA) is 46.6 Å². The highest BCUT2D eigenvalue weighted by molar-refractivity contribution is 5.84. The van der Waals surface area contributed by atoms with Gasteiger partial charge in [0.1, 0.15) is 12.4 Å². The van der Waals surface area contributed by atoms with E-state index in [1.54, 1.807) is 0 Å². The van der Waals surface area contributed by atoms with Crippen LogP contribution in [0.1, 0.15) is 50.5 Å². The average Bonchev–Trinajstić information content (AvgIpc) is 2.82. The standard InChI is InChI=1S/C20H25NO3/c22-19(15-7-4-8-15)16-11-17-9-10-18(12-16)21(17)20(23)24-13-14-5-2-1-3-6-14/h1-3,5-6,15-18H,4,7-13H2. The number of carbonyl (C=O) groups is 2. The molecule has 4 heteroatoms. The highest BCUT2D eigenvalue weighted by Gasteiger charge is 2.47. The number of hydrogen-bond acceptors (Lipinski definition) is 3. The van der Waals surface area contributed by atoms with Crippen LogP contribution in [0.3, 0.4) is 0 Å². The minimum absolute atomic E-state index is 0.172. The molecule has 0 radical (unpaired) electrons. The molecular formula is C20H25NO3. The Kier molecular flexibility index (Phi) is 4.30. The van der Waals surface area contributed by atoms with Gasteiger partial charge in [-0.25, -0.2) is 4.79 Å². The Bertz CT molecular complexity index is 597. The molecule has 0 aromatic heterocycles. The monoisotopic (exact) mass is 327 g/mol. The molecule has 128 valence electrons. The van der Waals surface area contributed by atoms with E-state index in [4.69, 9.17) is 4.74 Å². The number of fused-ring (bicyclic) bond motifs is 2. The summed E-state index contributed by atoms with van der Waals surface area (Å²) in [4.78, 5) is 27.0. The van der Waals surface area contributed by atoms with Crippen LogP contribution < -0.4 is 0 Å². The van der Waals surface area contributed by atoms with Gasteiger partial charge >= 0.3 is 6.09 Å². The van der Waals surface area contributed by atoms with Gasteiger partial charge in [0, 0.05) is 23.9 Å². The molecule has 2 bridgehead atoms. The molecule has 0 spiro atoms. The lowest BCUT2D eigenvalue weighted by molar-refractivity contribution is -0.131. The fourth-order valence-corrected chi connectivity index (χ4v) is 4.53. The number of ketones is 1. The molecule has 2 saturated heterocycles. The first-order valence-electron chi connectivity index (χ1n) is 9.25. The largest absolute Gasteiger partial charge is 0.445 e. The molecule has 1 amide bonds. The smallest absolute Gasteiger partial charge is 0.410 e. The first-order valence-corrected chi connectivity index (χ1v) is 9.25. The van der Waals surface area contributed by atoms with Crippen LogP contribution in [0, 0.1) is 11.8 Å². The number of amides is 1. The van der Waals surface area contributed by atoms with Crippen molar-refractivity contribution in [2.24, 2.45) is 11.8 Å². The molecule has 2 aliphatic heterocycles. The molecule has 1 aromatic rings. The summed E-state index contributed by atoms with van der Waals surface area (Å²) in [5, 5.41) is 0. The van der Waals surface area contributed by atoms with E-state index in [1.807, 2.05) is 35.2 Å². The Labute approximate surface area is 143 Å². The minimum atomic E-state index is -0.208. The van der Waals surface area contributed by atoms with Gasteiger partial charge in [-0.15, -0.1) is 0 Å². The molecule has 1 saturated carbocycles. The second kappa shape index (κ2) is 6.58. The number of carbonyl (C=O) groups excluding carboxylic acids is 2. The summed E-state index contributed by atoms with van der Waals surface area (Å²) in [7, 11) is 0. The van der Waals surface area contributed by atoms with E-state index in [-0.39, 0.29) is 24.1 Å². The van der Waals surface area contributed by atoms with Gasteiger partial charge < -0.3 is 9.64 Å². The molecule has 4 nitrogen and oxygen atoms in total. The van der Waals surface area contributed by atoms with Crippen molar-refractivity contribution in [3.8, 4) is 0 Å². The van der Waals surface area contributed by atoms with Crippen molar-refractivity contribution >= 4 is 11.9 Å². The van der Waals surface area contributed by atoms with Crippen LogP contribution in [0.15, 0.2) is 30.3 Å². The summed E-state index contributed by atoms with van der Waals surface area (Å²) in [5.74, 6) is 0.951. The summed E-state index contributed by atoms with van der Waals surface area (Å²) in [6.07, 6.45) is 6.85. The van der Waals surface area contributed by atoms with Gasteiger partial charge in [-0.1, -0.05) is 36.8 Å². The zero-order valence-electron chi connectivity index (χ0n) is 14.0. The molecule has 4 rings (SSSR count). The summed E-state index contributed by atoms with van der Waals surface area (Å²) in [5.41, 5.74) is 1.01. The van der Waals surface area contributed by atoms with Crippen molar-refractivity contribution < 1.29 is 14.3 Å². The second-order valence-electron chi connectivity index (χ2n) is 7.53. The fourth-order valence-electron chi connectivity index (χ4n) is 4.53. The third-order valence-electron chi connectivity index (χ3n) is 6.06. The van der Waals surface area contributed by atoms with Crippen LogP contribution >= 0.6 is 0 Å². The van der Waals surface area contributed by atoms with E-state index >= 15 is 0 Å². The third-order valence-corrected chi connectivity index (χ3v) is 6.06. The van der Waals surface area contributed by atoms with Crippen LogP contribution in [0.5, 0.6) is 0 Å². The molecule has 2 unspecified atom stereocenters. The van der Waals surface area contributed by atoms with Crippen LogP contribution in [-0.2, 0) is 16.1 Å². The second-order valence-corrected chi connectivity index (χ2v) is 7.53. The summed E-state index contributed by atoms with van der Waals surface area (Å²) in [6.45, 7) is 0.319. The van der Waals surface area contributed by atoms with E-state index in [0.29, 0.717) is 18.3 Å². The zero-order chi connectivity index (χ0) is 16.5. The molecule has 24 heavy (non-hydrogen) atoms. The molecule has 1 aliphatic carbocycles. The van der Waals surface area contributed by atoms with Crippen LogP contribution in [0.4, 0.5) is 4.79 Å². The average molecular weight is 327 g/mol. The Balaban J connectivity index is 1.35. The quantitative estimate of drug-likeness (QED) is 0.841. The van der Waals surface area contributed by atoms with Crippen LogP contribution in [0.25, 0.3) is 0 Å². The number of hydrogen-bond donors (Lipinski definition) is 0.